The summed E-state index contributed by atoms with van der Waals surface area (Å²) in [5, 5.41) is 2.31. The Labute approximate surface area is 113 Å². The Bertz CT molecular complexity index is 615. The van der Waals surface area contributed by atoms with Crippen LogP contribution >= 0.6 is 11.5 Å². The van der Waals surface area contributed by atoms with E-state index in [1.807, 2.05) is 0 Å². The number of benzene rings is 1. The molecule has 0 radical (unpaired) electrons. The number of alkyl halides is 3. The van der Waals surface area contributed by atoms with E-state index in [4.69, 9.17) is 0 Å². The normalized spacial score (nSPS) is 11.2. The summed E-state index contributed by atoms with van der Waals surface area (Å²) in [6, 6.07) is 2.20. The molecule has 1 heterocycles. The first kappa shape index (κ1) is 14.2. The van der Waals surface area contributed by atoms with Crippen LogP contribution in [-0.2, 0) is 0 Å². The molecular weight excluding hydrogens is 302 g/mol. The zero-order chi connectivity index (χ0) is 14.8. The number of ether oxygens (including phenoxy) is 1. The van der Waals surface area contributed by atoms with Gasteiger partial charge in [0.25, 0.3) is 5.91 Å². The first-order valence-corrected chi connectivity index (χ1v) is 5.76. The van der Waals surface area contributed by atoms with Crippen molar-refractivity contribution in [2.45, 2.75) is 6.36 Å². The predicted octanol–water partition coefficient (Wildman–Crippen LogP) is 2.83. The summed E-state index contributed by atoms with van der Waals surface area (Å²) >= 11 is 0.838. The molecule has 2 aromatic rings. The van der Waals surface area contributed by atoms with Crippen molar-refractivity contribution in [3.8, 4) is 5.75 Å². The lowest BCUT2D eigenvalue weighted by Crippen LogP contribution is -2.21. The molecular formula is C10H5F4N3O2S. The molecule has 0 unspecified atom stereocenters. The highest BCUT2D eigenvalue weighted by Crippen LogP contribution is 2.28. The molecule has 0 aliphatic rings. The van der Waals surface area contributed by atoms with E-state index in [0.29, 0.717) is 6.07 Å². The smallest absolute Gasteiger partial charge is 0.405 e. The summed E-state index contributed by atoms with van der Waals surface area (Å²) in [6.07, 6.45) is -3.87. The van der Waals surface area contributed by atoms with Gasteiger partial charge in [-0.05, 0) is 12.1 Å². The van der Waals surface area contributed by atoms with Crippen molar-refractivity contribution in [3.63, 3.8) is 0 Å². The fourth-order valence-electron chi connectivity index (χ4n) is 1.29. The minimum Gasteiger partial charge on any atom is -0.405 e. The van der Waals surface area contributed by atoms with Gasteiger partial charge in [0.2, 0.25) is 5.13 Å². The second-order valence-electron chi connectivity index (χ2n) is 3.39. The summed E-state index contributed by atoms with van der Waals surface area (Å²) in [5.74, 6) is -2.81. The van der Waals surface area contributed by atoms with Crippen molar-refractivity contribution in [1.82, 2.24) is 9.36 Å². The SMILES string of the molecule is O=C(Nc1ncns1)c1ccc(F)cc1OC(F)(F)F. The van der Waals surface area contributed by atoms with Crippen LogP contribution in [0.4, 0.5) is 22.7 Å². The number of nitrogens with one attached hydrogen (secondary N) is 1. The van der Waals surface area contributed by atoms with E-state index in [1.165, 1.54) is 0 Å². The quantitative estimate of drug-likeness (QED) is 0.886. The lowest BCUT2D eigenvalue weighted by atomic mass is 10.2. The van der Waals surface area contributed by atoms with Crippen LogP contribution in [0.15, 0.2) is 24.5 Å². The summed E-state index contributed by atoms with van der Waals surface area (Å²) in [4.78, 5) is 15.4. The van der Waals surface area contributed by atoms with Crippen molar-refractivity contribution in [2.24, 2.45) is 0 Å². The van der Waals surface area contributed by atoms with Gasteiger partial charge < -0.3 is 4.74 Å². The number of carbonyl (C=O) groups is 1. The Hall–Kier alpha value is -2.23. The number of aromatic nitrogens is 2. The molecule has 106 valence electrons. The topological polar surface area (TPSA) is 64.1 Å². The minimum atomic E-state index is -5.04. The Morgan fingerprint density at radius 1 is 1.35 bits per heavy atom. The maximum atomic E-state index is 13.0. The monoisotopic (exact) mass is 307 g/mol. The third-order valence-electron chi connectivity index (χ3n) is 2.00. The zero-order valence-corrected chi connectivity index (χ0v) is 10.3. The highest BCUT2D eigenvalue weighted by Gasteiger charge is 2.33. The third-order valence-corrected chi connectivity index (χ3v) is 2.58. The average Bonchev–Trinajstić information content (AvgIpc) is 2.79. The van der Waals surface area contributed by atoms with Gasteiger partial charge in [0.1, 0.15) is 17.9 Å². The summed E-state index contributed by atoms with van der Waals surface area (Å²) in [6.45, 7) is 0. The minimum absolute atomic E-state index is 0.0947. The lowest BCUT2D eigenvalue weighted by molar-refractivity contribution is -0.274. The number of rotatable bonds is 3. The van der Waals surface area contributed by atoms with Crippen molar-refractivity contribution in [2.75, 3.05) is 5.32 Å². The van der Waals surface area contributed by atoms with Gasteiger partial charge in [0.15, 0.2) is 0 Å². The molecule has 0 aliphatic heterocycles. The van der Waals surface area contributed by atoms with E-state index in [-0.39, 0.29) is 5.13 Å². The molecule has 2 rings (SSSR count). The van der Waals surface area contributed by atoms with Crippen molar-refractivity contribution < 1.29 is 27.1 Å². The Balaban J connectivity index is 2.28. The van der Waals surface area contributed by atoms with Crippen LogP contribution < -0.4 is 10.1 Å². The maximum absolute atomic E-state index is 13.0. The van der Waals surface area contributed by atoms with Crippen molar-refractivity contribution >= 4 is 22.6 Å². The van der Waals surface area contributed by atoms with E-state index in [9.17, 15) is 22.4 Å². The molecule has 1 amide bonds. The van der Waals surface area contributed by atoms with E-state index in [0.717, 1.165) is 30.0 Å². The van der Waals surface area contributed by atoms with Crippen LogP contribution in [0.2, 0.25) is 0 Å². The standard InChI is InChI=1S/C10H5F4N3O2S/c11-5-1-2-6(7(3-5)19-10(12,13)14)8(18)17-9-15-4-16-20-9/h1-4H,(H,15,16,17,18). The fraction of sp³-hybridized carbons (Fsp3) is 0.100. The van der Waals surface area contributed by atoms with E-state index < -0.39 is 29.4 Å². The number of carbonyl (C=O) groups excluding carboxylic acids is 1. The number of hydrogen-bond acceptors (Lipinski definition) is 5. The maximum Gasteiger partial charge on any atom is 0.573 e. The number of hydrogen-bond donors (Lipinski definition) is 1. The molecule has 1 aromatic heterocycles. The van der Waals surface area contributed by atoms with Gasteiger partial charge in [0.05, 0.1) is 5.56 Å². The van der Waals surface area contributed by atoms with Crippen LogP contribution in [0.25, 0.3) is 0 Å². The third kappa shape index (κ3) is 3.63. The van der Waals surface area contributed by atoms with Gasteiger partial charge >= 0.3 is 6.36 Å². The molecule has 10 heteroatoms. The molecule has 0 saturated carbocycles. The Morgan fingerprint density at radius 2 is 2.10 bits per heavy atom. The van der Waals surface area contributed by atoms with Gasteiger partial charge in [-0.3, -0.25) is 10.1 Å². The Morgan fingerprint density at radius 3 is 2.70 bits per heavy atom. The van der Waals surface area contributed by atoms with Gasteiger partial charge in [-0.1, -0.05) is 0 Å². The molecule has 0 aliphatic carbocycles. The average molecular weight is 307 g/mol. The second kappa shape index (κ2) is 5.41. The largest absolute Gasteiger partial charge is 0.573 e. The molecule has 1 N–H and O–H groups in total. The highest BCUT2D eigenvalue weighted by molar-refractivity contribution is 7.09. The number of anilines is 1. The van der Waals surface area contributed by atoms with Crippen molar-refractivity contribution in [3.05, 3.63) is 35.9 Å². The van der Waals surface area contributed by atoms with Crippen LogP contribution in [0.1, 0.15) is 10.4 Å². The number of nitrogens with zero attached hydrogens (tertiary/aromatic N) is 2. The fourth-order valence-corrected chi connectivity index (χ4v) is 1.71. The zero-order valence-electron chi connectivity index (χ0n) is 9.44. The number of amides is 1. The molecule has 0 bridgehead atoms. The molecule has 0 fully saturated rings. The van der Waals surface area contributed by atoms with Crippen LogP contribution in [0.3, 0.4) is 0 Å². The van der Waals surface area contributed by atoms with Gasteiger partial charge in [0, 0.05) is 17.6 Å². The van der Waals surface area contributed by atoms with E-state index in [1.54, 1.807) is 0 Å². The van der Waals surface area contributed by atoms with Crippen LogP contribution in [-0.4, -0.2) is 21.6 Å². The summed E-state index contributed by atoms with van der Waals surface area (Å²) in [5.41, 5.74) is -0.473. The van der Waals surface area contributed by atoms with Crippen LogP contribution in [0, 0.1) is 5.82 Å². The molecule has 0 spiro atoms. The second-order valence-corrected chi connectivity index (χ2v) is 4.17. The first-order chi connectivity index (χ1) is 9.35. The molecule has 20 heavy (non-hydrogen) atoms. The molecule has 5 nitrogen and oxygen atoms in total. The van der Waals surface area contributed by atoms with Crippen LogP contribution in [0.5, 0.6) is 5.75 Å². The summed E-state index contributed by atoms with van der Waals surface area (Å²) in [7, 11) is 0. The Kier molecular flexibility index (Phi) is 3.84. The summed E-state index contributed by atoms with van der Waals surface area (Å²) < 4.78 is 56.8. The van der Waals surface area contributed by atoms with Gasteiger partial charge in [-0.25, -0.2) is 9.37 Å². The predicted molar refractivity (Wildman–Crippen MR) is 60.9 cm³/mol. The van der Waals surface area contributed by atoms with E-state index in [2.05, 4.69) is 19.4 Å². The molecule has 0 atom stereocenters. The lowest BCUT2D eigenvalue weighted by Gasteiger charge is -2.12. The highest BCUT2D eigenvalue weighted by atomic mass is 32.1. The van der Waals surface area contributed by atoms with Gasteiger partial charge in [-0.2, -0.15) is 4.37 Å². The van der Waals surface area contributed by atoms with Crippen molar-refractivity contribution in [1.29, 1.82) is 0 Å². The first-order valence-electron chi connectivity index (χ1n) is 4.98. The molecule has 0 saturated heterocycles. The number of halogens is 4. The van der Waals surface area contributed by atoms with Gasteiger partial charge in [-0.15, -0.1) is 13.2 Å². The molecule has 1 aromatic carbocycles. The van der Waals surface area contributed by atoms with E-state index >= 15 is 0 Å².